The number of hydrogen-bond acceptors (Lipinski definition) is 10. The minimum atomic E-state index is -3.63. The highest BCUT2D eigenvalue weighted by atomic mass is 32.2. The Morgan fingerprint density at radius 2 is 1.18 bits per heavy atom. The van der Waals surface area contributed by atoms with Crippen molar-refractivity contribution in [3.63, 3.8) is 0 Å². The third-order valence-corrected chi connectivity index (χ3v) is 16.8. The normalized spacial score (nSPS) is 14.3. The van der Waals surface area contributed by atoms with E-state index in [1.807, 2.05) is 24.3 Å². The number of carbonyl (C=O) groups excluding carboxylic acids is 3. The van der Waals surface area contributed by atoms with Crippen LogP contribution in [0.25, 0.3) is 0 Å². The zero-order valence-electron chi connectivity index (χ0n) is 45.5. The van der Waals surface area contributed by atoms with E-state index in [-0.39, 0.29) is 51.4 Å². The molecule has 0 heterocycles. The van der Waals surface area contributed by atoms with Crippen molar-refractivity contribution < 1.29 is 45.9 Å². The molecule has 0 bridgehead atoms. The smallest absolute Gasteiger partial charge is 0.325 e. The van der Waals surface area contributed by atoms with Crippen molar-refractivity contribution >= 4 is 54.8 Å². The molecule has 2 amide bonds. The number of ether oxygens (including phenoxy) is 1. The lowest BCUT2D eigenvalue weighted by Gasteiger charge is -2.29. The average Bonchev–Trinajstić information content (AvgIpc) is 3.33. The number of amides is 2. The van der Waals surface area contributed by atoms with E-state index in [2.05, 4.69) is 72.9 Å². The Morgan fingerprint density at radius 3 is 1.62 bits per heavy atom. The minimum absolute atomic E-state index is 0.00710. The van der Waals surface area contributed by atoms with E-state index in [9.17, 15) is 41.1 Å². The number of hydrogen-bond donors (Lipinski definition) is 3. The van der Waals surface area contributed by atoms with Gasteiger partial charge in [0.05, 0.1) is 33.9 Å². The Balaban J connectivity index is 0.000000371. The summed E-state index contributed by atoms with van der Waals surface area (Å²) in [5.74, 6) is -0.688. The van der Waals surface area contributed by atoms with E-state index in [0.29, 0.717) is 53.0 Å². The van der Waals surface area contributed by atoms with Gasteiger partial charge in [0, 0.05) is 17.8 Å². The first-order valence-electron chi connectivity index (χ1n) is 26.2. The molecule has 0 aromatic heterocycles. The van der Waals surface area contributed by atoms with Crippen LogP contribution in [0.3, 0.4) is 0 Å². The topological polar surface area (TPSA) is 193 Å². The summed E-state index contributed by atoms with van der Waals surface area (Å²) in [7, 11) is -7.04. The van der Waals surface area contributed by atoms with E-state index < -0.39 is 44.3 Å². The molecular weight excluding hydrogens is 975 g/mol. The molecule has 0 aliphatic heterocycles. The minimum Gasteiger partial charge on any atom is -0.480 e. The molecule has 4 aromatic carbocycles. The van der Waals surface area contributed by atoms with Crippen LogP contribution >= 0.6 is 0 Å². The summed E-state index contributed by atoms with van der Waals surface area (Å²) in [6, 6.07) is 26.0. The van der Waals surface area contributed by atoms with Crippen molar-refractivity contribution in [2.24, 2.45) is 17.8 Å². The van der Waals surface area contributed by atoms with Gasteiger partial charge in [0.2, 0.25) is 0 Å². The number of urea groups is 1. The molecule has 0 spiro atoms. The molecular formula is C59H83N3O10S2. The monoisotopic (exact) mass is 1060 g/mol. The van der Waals surface area contributed by atoms with Crippen LogP contribution in [0.4, 0.5) is 16.2 Å². The maximum absolute atomic E-state index is 13.7. The number of nitrogens with zero attached hydrogens (tertiary/aromatic N) is 1. The van der Waals surface area contributed by atoms with Gasteiger partial charge in [-0.25, -0.2) is 21.6 Å². The van der Waals surface area contributed by atoms with Gasteiger partial charge in [-0.05, 0) is 113 Å². The molecule has 4 aromatic rings. The second-order valence-electron chi connectivity index (χ2n) is 22.4. The summed E-state index contributed by atoms with van der Waals surface area (Å²) in [5, 5.41) is 15.5. The number of Topliss-reactive ketones (excluding diaryl/α,β-unsaturated/α-hetero) is 1. The summed E-state index contributed by atoms with van der Waals surface area (Å²) in [6.45, 7) is 20.5. The van der Waals surface area contributed by atoms with Crippen molar-refractivity contribution in [2.75, 3.05) is 29.9 Å². The summed E-state index contributed by atoms with van der Waals surface area (Å²) in [6.07, 6.45) is 9.49. The molecule has 74 heavy (non-hydrogen) atoms. The first kappa shape index (κ1) is 61.0. The Kier molecular flexibility index (Phi) is 23.0. The van der Waals surface area contributed by atoms with Crippen molar-refractivity contribution in [3.05, 3.63) is 119 Å². The van der Waals surface area contributed by atoms with Crippen LogP contribution in [-0.4, -0.2) is 71.4 Å². The highest BCUT2D eigenvalue weighted by molar-refractivity contribution is 7.91. The highest BCUT2D eigenvalue weighted by Gasteiger charge is 2.30. The lowest BCUT2D eigenvalue weighted by molar-refractivity contribution is -0.141. The number of aliphatic carboxylic acids is 1. The average molecular weight is 1060 g/mol. The van der Waals surface area contributed by atoms with Crippen LogP contribution in [0.2, 0.25) is 0 Å². The molecule has 406 valence electrons. The summed E-state index contributed by atoms with van der Waals surface area (Å²) < 4.78 is 56.5. The molecule has 1 fully saturated rings. The van der Waals surface area contributed by atoms with Gasteiger partial charge in [-0.15, -0.1) is 0 Å². The number of esters is 1. The number of carboxylic acid groups (broad SMARTS) is 1. The molecule has 3 N–H and O–H groups in total. The number of nitrogens with one attached hydrogen (secondary N) is 2. The summed E-state index contributed by atoms with van der Waals surface area (Å²) >= 11 is 0. The molecule has 1 aliphatic rings. The second-order valence-corrected chi connectivity index (χ2v) is 26.4. The fraction of sp³-hybridized carbons (Fsp3) is 0.525. The summed E-state index contributed by atoms with van der Waals surface area (Å²) in [4.78, 5) is 52.1. The van der Waals surface area contributed by atoms with Crippen molar-refractivity contribution in [1.29, 1.82) is 0 Å². The second kappa shape index (κ2) is 27.8. The molecule has 2 atom stereocenters. The van der Waals surface area contributed by atoms with Gasteiger partial charge >= 0.3 is 18.0 Å². The largest absolute Gasteiger partial charge is 0.480 e. The van der Waals surface area contributed by atoms with E-state index in [1.165, 1.54) is 6.42 Å². The Morgan fingerprint density at radius 1 is 0.689 bits per heavy atom. The third-order valence-electron chi connectivity index (χ3n) is 13.4. The predicted octanol–water partition coefficient (Wildman–Crippen LogP) is 12.3. The van der Waals surface area contributed by atoms with Gasteiger partial charge in [0.25, 0.3) is 0 Å². The first-order valence-corrected chi connectivity index (χ1v) is 29.5. The Bertz CT molecular complexity index is 2650. The fourth-order valence-corrected chi connectivity index (χ4v) is 11.6. The van der Waals surface area contributed by atoms with Crippen LogP contribution < -0.4 is 15.5 Å². The number of sulfone groups is 2. The van der Waals surface area contributed by atoms with Crippen molar-refractivity contribution in [1.82, 2.24) is 5.32 Å². The highest BCUT2D eigenvalue weighted by Crippen LogP contribution is 2.30. The molecule has 13 nitrogen and oxygen atoms in total. The van der Waals surface area contributed by atoms with Crippen molar-refractivity contribution in [2.45, 2.75) is 172 Å². The molecule has 1 aliphatic carbocycles. The van der Waals surface area contributed by atoms with E-state index >= 15 is 0 Å². The number of benzene rings is 4. The number of rotatable bonds is 23. The molecule has 5 rings (SSSR count). The van der Waals surface area contributed by atoms with E-state index in [1.54, 1.807) is 79.7 Å². The van der Waals surface area contributed by atoms with Crippen LogP contribution in [0.15, 0.2) is 107 Å². The SMILES string of the molecule is CC(C)CCCC(C)CC(=O)[C@@H](CC1CCCCC1)NC(=O)N(CC(=O)O)c1ccc(CS(=O)(=O)c2ccc(C(C)(C)C)cc2)cc1.CCOC(=O)CNc1ccc(CS(=O)(=O)c2ccc(C(C)(C)C)cc2)cc1. The quantitative estimate of drug-likeness (QED) is 0.0599. The third kappa shape index (κ3) is 20.3. The number of carboxylic acids is 1. The number of ketones is 1. The maximum Gasteiger partial charge on any atom is 0.325 e. The van der Waals surface area contributed by atoms with Gasteiger partial charge in [0.1, 0.15) is 13.1 Å². The zero-order valence-corrected chi connectivity index (χ0v) is 47.2. The number of carbonyl (C=O) groups is 4. The predicted molar refractivity (Wildman–Crippen MR) is 296 cm³/mol. The zero-order chi connectivity index (χ0) is 54.9. The van der Waals surface area contributed by atoms with E-state index in [4.69, 9.17) is 4.74 Å². The fourth-order valence-electron chi connectivity index (χ4n) is 8.94. The summed E-state index contributed by atoms with van der Waals surface area (Å²) in [5.41, 5.74) is 4.27. The lowest BCUT2D eigenvalue weighted by atomic mass is 9.82. The molecule has 0 radical (unpaired) electrons. The Hall–Kier alpha value is -5.54. The van der Waals surface area contributed by atoms with Gasteiger partial charge in [-0.3, -0.25) is 19.3 Å². The van der Waals surface area contributed by atoms with Gasteiger partial charge in [0.15, 0.2) is 25.5 Å². The van der Waals surface area contributed by atoms with Crippen LogP contribution in [0, 0.1) is 17.8 Å². The van der Waals surface area contributed by atoms with Crippen LogP contribution in [0.1, 0.15) is 156 Å². The van der Waals surface area contributed by atoms with Gasteiger partial charge < -0.3 is 20.5 Å². The first-order chi connectivity index (χ1) is 34.7. The molecule has 15 heteroatoms. The molecule has 0 saturated heterocycles. The maximum atomic E-state index is 13.7. The Labute approximate surface area is 442 Å². The standard InChI is InChI=1S/C38H56N2O6S.C21H27NO4S/c1-27(2)11-10-12-28(3)23-35(41)34(24-29-13-8-7-9-14-29)39-37(44)40(25-36(42)43)32-19-15-30(16-20-32)26-47(45,46)33-21-17-31(18-22-33)38(4,5)6;1-5-26-20(23)14-22-18-10-6-16(7-11-18)15-27(24,25)19-12-8-17(9-13-19)21(2,3)4/h15-22,27-29,34H,7-14,23-26H2,1-6H3,(H,39,44)(H,42,43);6-13,22H,5,14-15H2,1-4H3/t28?,34-;/m1./s1. The molecule has 1 saturated carbocycles. The van der Waals surface area contributed by atoms with Crippen LogP contribution in [-0.2, 0) is 61.1 Å². The van der Waals surface area contributed by atoms with Crippen molar-refractivity contribution in [3.8, 4) is 0 Å². The van der Waals surface area contributed by atoms with Crippen LogP contribution in [0.5, 0.6) is 0 Å². The van der Waals surface area contributed by atoms with E-state index in [0.717, 1.165) is 66.7 Å². The lowest BCUT2D eigenvalue weighted by Crippen LogP contribution is -2.50. The van der Waals surface area contributed by atoms with Gasteiger partial charge in [-0.2, -0.15) is 0 Å². The van der Waals surface area contributed by atoms with Gasteiger partial charge in [-0.1, -0.05) is 162 Å². The molecule has 1 unspecified atom stereocenters. The number of anilines is 2.